The van der Waals surface area contributed by atoms with E-state index in [-0.39, 0.29) is 0 Å². The summed E-state index contributed by atoms with van der Waals surface area (Å²) in [6.07, 6.45) is 2.42. The van der Waals surface area contributed by atoms with Crippen LogP contribution in [0.5, 0.6) is 5.88 Å². The summed E-state index contributed by atoms with van der Waals surface area (Å²) >= 11 is 0. The van der Waals surface area contributed by atoms with E-state index in [4.69, 9.17) is 4.74 Å². The van der Waals surface area contributed by atoms with Crippen molar-refractivity contribution in [1.29, 1.82) is 0 Å². The van der Waals surface area contributed by atoms with Crippen LogP contribution in [0.3, 0.4) is 0 Å². The van der Waals surface area contributed by atoms with Crippen LogP contribution in [-0.4, -0.2) is 24.7 Å². The quantitative estimate of drug-likeness (QED) is 0.842. The Morgan fingerprint density at radius 1 is 1.50 bits per heavy atom. The van der Waals surface area contributed by atoms with E-state index >= 15 is 0 Å². The molecule has 3 heteroatoms. The molecule has 0 amide bonds. The van der Waals surface area contributed by atoms with Crippen LogP contribution >= 0.6 is 0 Å². The molecule has 1 atom stereocenters. The Balaban J connectivity index is 2.06. The Morgan fingerprint density at radius 3 is 3.06 bits per heavy atom. The SMILES string of the molecule is CCOc1cc(CC2CCNC2)cc(C)n1. The zero-order chi connectivity index (χ0) is 11.4. The Morgan fingerprint density at radius 2 is 2.38 bits per heavy atom. The number of nitrogens with zero attached hydrogens (tertiary/aromatic N) is 1. The van der Waals surface area contributed by atoms with Crippen molar-refractivity contribution in [2.45, 2.75) is 26.7 Å². The molecule has 1 aliphatic heterocycles. The van der Waals surface area contributed by atoms with E-state index in [0.29, 0.717) is 6.61 Å². The van der Waals surface area contributed by atoms with E-state index < -0.39 is 0 Å². The Hall–Kier alpha value is -1.09. The molecule has 0 aliphatic carbocycles. The Bertz CT molecular complexity index is 346. The molecule has 2 rings (SSSR count). The van der Waals surface area contributed by atoms with Gasteiger partial charge in [-0.05, 0) is 57.3 Å². The molecule has 1 aliphatic rings. The van der Waals surface area contributed by atoms with E-state index in [1.807, 2.05) is 13.8 Å². The second-order valence-electron chi connectivity index (χ2n) is 4.45. The van der Waals surface area contributed by atoms with Gasteiger partial charge >= 0.3 is 0 Å². The lowest BCUT2D eigenvalue weighted by Crippen LogP contribution is -2.11. The minimum atomic E-state index is 0.681. The maximum Gasteiger partial charge on any atom is 0.213 e. The molecule has 0 radical (unpaired) electrons. The highest BCUT2D eigenvalue weighted by Gasteiger charge is 2.15. The first-order chi connectivity index (χ1) is 7.78. The van der Waals surface area contributed by atoms with Crippen molar-refractivity contribution in [3.05, 3.63) is 23.4 Å². The minimum Gasteiger partial charge on any atom is -0.478 e. The smallest absolute Gasteiger partial charge is 0.213 e. The van der Waals surface area contributed by atoms with Gasteiger partial charge in [0.25, 0.3) is 0 Å². The van der Waals surface area contributed by atoms with Crippen LogP contribution < -0.4 is 10.1 Å². The van der Waals surface area contributed by atoms with E-state index in [1.165, 1.54) is 12.0 Å². The molecule has 88 valence electrons. The van der Waals surface area contributed by atoms with E-state index in [2.05, 4.69) is 22.4 Å². The third-order valence-corrected chi connectivity index (χ3v) is 2.97. The minimum absolute atomic E-state index is 0.681. The predicted molar refractivity (Wildman–Crippen MR) is 64.8 cm³/mol. The van der Waals surface area contributed by atoms with Crippen molar-refractivity contribution in [3.63, 3.8) is 0 Å². The van der Waals surface area contributed by atoms with Gasteiger partial charge in [0.2, 0.25) is 5.88 Å². The number of hydrogen-bond acceptors (Lipinski definition) is 3. The third-order valence-electron chi connectivity index (χ3n) is 2.97. The van der Waals surface area contributed by atoms with Crippen molar-refractivity contribution in [1.82, 2.24) is 10.3 Å². The fraction of sp³-hybridized carbons (Fsp3) is 0.615. The summed E-state index contributed by atoms with van der Waals surface area (Å²) in [4.78, 5) is 4.36. The third kappa shape index (κ3) is 2.95. The summed E-state index contributed by atoms with van der Waals surface area (Å²) in [5.41, 5.74) is 2.40. The van der Waals surface area contributed by atoms with Gasteiger partial charge < -0.3 is 10.1 Å². The monoisotopic (exact) mass is 220 g/mol. The van der Waals surface area contributed by atoms with Crippen molar-refractivity contribution in [2.75, 3.05) is 19.7 Å². The lowest BCUT2D eigenvalue weighted by molar-refractivity contribution is 0.325. The van der Waals surface area contributed by atoms with Crippen LogP contribution in [0.1, 0.15) is 24.6 Å². The van der Waals surface area contributed by atoms with Crippen molar-refractivity contribution in [3.8, 4) is 5.88 Å². The molecule has 0 aromatic carbocycles. The largest absolute Gasteiger partial charge is 0.478 e. The van der Waals surface area contributed by atoms with Gasteiger partial charge in [-0.25, -0.2) is 4.98 Å². The van der Waals surface area contributed by atoms with Gasteiger partial charge in [0, 0.05) is 11.8 Å². The first-order valence-electron chi connectivity index (χ1n) is 6.09. The second-order valence-corrected chi connectivity index (χ2v) is 4.45. The molecule has 16 heavy (non-hydrogen) atoms. The molecular formula is C13H20N2O. The summed E-state index contributed by atoms with van der Waals surface area (Å²) in [6, 6.07) is 4.25. The Labute approximate surface area is 97.2 Å². The molecule has 3 nitrogen and oxygen atoms in total. The second kappa shape index (κ2) is 5.30. The molecule has 0 saturated carbocycles. The van der Waals surface area contributed by atoms with Gasteiger partial charge in [-0.2, -0.15) is 0 Å². The van der Waals surface area contributed by atoms with Crippen molar-refractivity contribution in [2.24, 2.45) is 5.92 Å². The first-order valence-corrected chi connectivity index (χ1v) is 6.09. The molecule has 1 fully saturated rings. The average molecular weight is 220 g/mol. The van der Waals surface area contributed by atoms with Crippen LogP contribution in [0.15, 0.2) is 12.1 Å². The molecular weight excluding hydrogens is 200 g/mol. The maximum absolute atomic E-state index is 5.47. The van der Waals surface area contributed by atoms with Crippen molar-refractivity contribution < 1.29 is 4.74 Å². The van der Waals surface area contributed by atoms with Gasteiger partial charge in [0.15, 0.2) is 0 Å². The molecule has 1 aromatic heterocycles. The van der Waals surface area contributed by atoms with Crippen LogP contribution in [0.2, 0.25) is 0 Å². The lowest BCUT2D eigenvalue weighted by atomic mass is 9.99. The zero-order valence-corrected chi connectivity index (χ0v) is 10.1. The number of aromatic nitrogens is 1. The molecule has 1 N–H and O–H groups in total. The molecule has 1 saturated heterocycles. The van der Waals surface area contributed by atoms with E-state index in [1.54, 1.807) is 0 Å². The van der Waals surface area contributed by atoms with Crippen molar-refractivity contribution >= 4 is 0 Å². The molecule has 0 bridgehead atoms. The van der Waals surface area contributed by atoms with Gasteiger partial charge in [-0.15, -0.1) is 0 Å². The summed E-state index contributed by atoms with van der Waals surface area (Å²) in [6.45, 7) is 7.00. The summed E-state index contributed by atoms with van der Waals surface area (Å²) in [7, 11) is 0. The number of pyridine rings is 1. The fourth-order valence-electron chi connectivity index (χ4n) is 2.27. The average Bonchev–Trinajstić information content (AvgIpc) is 2.70. The zero-order valence-electron chi connectivity index (χ0n) is 10.1. The summed E-state index contributed by atoms with van der Waals surface area (Å²) < 4.78 is 5.47. The van der Waals surface area contributed by atoms with Crippen LogP contribution in [-0.2, 0) is 6.42 Å². The lowest BCUT2D eigenvalue weighted by Gasteiger charge is -2.10. The number of aryl methyl sites for hydroxylation is 1. The van der Waals surface area contributed by atoms with Gasteiger partial charge in [-0.3, -0.25) is 0 Å². The Kier molecular flexibility index (Phi) is 3.78. The van der Waals surface area contributed by atoms with Crippen LogP contribution in [0.4, 0.5) is 0 Å². The maximum atomic E-state index is 5.47. The molecule has 1 unspecified atom stereocenters. The normalized spacial score (nSPS) is 20.0. The van der Waals surface area contributed by atoms with Gasteiger partial charge in [0.1, 0.15) is 0 Å². The predicted octanol–water partition coefficient (Wildman–Crippen LogP) is 1.94. The first kappa shape index (κ1) is 11.4. The number of hydrogen-bond donors (Lipinski definition) is 1. The fourth-order valence-corrected chi connectivity index (χ4v) is 2.27. The summed E-state index contributed by atoms with van der Waals surface area (Å²) in [5, 5.41) is 3.40. The number of ether oxygens (including phenoxy) is 1. The highest BCUT2D eigenvalue weighted by molar-refractivity contribution is 5.25. The number of nitrogens with one attached hydrogen (secondary N) is 1. The summed E-state index contributed by atoms with van der Waals surface area (Å²) in [5.74, 6) is 1.54. The van der Waals surface area contributed by atoms with Gasteiger partial charge in [0.05, 0.1) is 6.61 Å². The topological polar surface area (TPSA) is 34.1 Å². The molecule has 2 heterocycles. The highest BCUT2D eigenvalue weighted by atomic mass is 16.5. The van der Waals surface area contributed by atoms with E-state index in [9.17, 15) is 0 Å². The van der Waals surface area contributed by atoms with Crippen LogP contribution in [0.25, 0.3) is 0 Å². The van der Waals surface area contributed by atoms with Gasteiger partial charge in [-0.1, -0.05) is 0 Å². The number of rotatable bonds is 4. The highest BCUT2D eigenvalue weighted by Crippen LogP contribution is 2.19. The standard InChI is InChI=1S/C13H20N2O/c1-3-16-13-8-12(6-10(2)15-13)7-11-4-5-14-9-11/h6,8,11,14H,3-5,7,9H2,1-2H3. The van der Waals surface area contributed by atoms with E-state index in [0.717, 1.165) is 37.0 Å². The van der Waals surface area contributed by atoms with Crippen LogP contribution in [0, 0.1) is 12.8 Å². The molecule has 0 spiro atoms. The molecule has 1 aromatic rings.